The van der Waals surface area contributed by atoms with Crippen molar-refractivity contribution in [3.8, 4) is 0 Å². The summed E-state index contributed by atoms with van der Waals surface area (Å²) >= 11 is 0. The van der Waals surface area contributed by atoms with E-state index in [9.17, 15) is 0 Å². The lowest BCUT2D eigenvalue weighted by molar-refractivity contribution is 0.0765. The second-order valence-electron chi connectivity index (χ2n) is 3.30. The summed E-state index contributed by atoms with van der Waals surface area (Å²) in [6.45, 7) is 7.07. The summed E-state index contributed by atoms with van der Waals surface area (Å²) in [4.78, 5) is 0. The minimum absolute atomic E-state index is 0.458. The van der Waals surface area contributed by atoms with Crippen molar-refractivity contribution in [3.05, 3.63) is 0 Å². The second-order valence-corrected chi connectivity index (χ2v) is 3.30. The van der Waals surface area contributed by atoms with E-state index < -0.39 is 5.60 Å². The van der Waals surface area contributed by atoms with Crippen LogP contribution in [0.25, 0.3) is 0 Å². The third kappa shape index (κ3) is 22.5. The average Bonchev–Trinajstić information content (AvgIpc) is 2.01. The molecule has 0 saturated heterocycles. The number of rotatable bonds is 4. The van der Waals surface area contributed by atoms with Crippen molar-refractivity contribution in [1.82, 2.24) is 0 Å². The Morgan fingerprint density at radius 1 is 1.42 bits per heavy atom. The van der Waals surface area contributed by atoms with Gasteiger partial charge in [0.2, 0.25) is 0 Å². The largest absolute Gasteiger partial charge is 0.390 e. The van der Waals surface area contributed by atoms with Gasteiger partial charge in [0.25, 0.3) is 0 Å². The molecule has 0 aliphatic carbocycles. The van der Waals surface area contributed by atoms with Gasteiger partial charge in [-0.15, -0.1) is 0 Å². The SMILES string of the molecule is CCC(C)(C)O.COCCCN. The molecule has 0 aromatic heterocycles. The van der Waals surface area contributed by atoms with Crippen molar-refractivity contribution in [2.75, 3.05) is 20.3 Å². The van der Waals surface area contributed by atoms with Crippen molar-refractivity contribution in [3.63, 3.8) is 0 Å². The van der Waals surface area contributed by atoms with E-state index in [1.807, 2.05) is 6.92 Å². The van der Waals surface area contributed by atoms with Crippen LogP contribution in [-0.4, -0.2) is 31.0 Å². The second kappa shape index (κ2) is 8.97. The summed E-state index contributed by atoms with van der Waals surface area (Å²) in [5.41, 5.74) is 4.68. The zero-order chi connectivity index (χ0) is 10.0. The molecule has 0 aromatic rings. The van der Waals surface area contributed by atoms with Crippen molar-refractivity contribution >= 4 is 0 Å². The number of methoxy groups -OCH3 is 1. The minimum Gasteiger partial charge on any atom is -0.390 e. The lowest BCUT2D eigenvalue weighted by Gasteiger charge is -2.11. The third-order valence-electron chi connectivity index (χ3n) is 1.42. The molecule has 3 nitrogen and oxygen atoms in total. The van der Waals surface area contributed by atoms with Gasteiger partial charge >= 0.3 is 0 Å². The smallest absolute Gasteiger partial charge is 0.0589 e. The molecule has 0 aliphatic rings. The van der Waals surface area contributed by atoms with Crippen molar-refractivity contribution in [2.45, 2.75) is 39.2 Å². The number of nitrogens with two attached hydrogens (primary N) is 1. The first kappa shape index (κ1) is 14.4. The number of aliphatic hydroxyl groups is 1. The molecular formula is C9H23NO2. The van der Waals surface area contributed by atoms with E-state index in [0.29, 0.717) is 0 Å². The molecule has 0 spiro atoms. The van der Waals surface area contributed by atoms with E-state index in [1.165, 1.54) is 0 Å². The van der Waals surface area contributed by atoms with E-state index in [1.54, 1.807) is 21.0 Å². The van der Waals surface area contributed by atoms with Crippen LogP contribution in [-0.2, 0) is 4.74 Å². The highest BCUT2D eigenvalue weighted by molar-refractivity contribution is 4.59. The van der Waals surface area contributed by atoms with Crippen LogP contribution in [0.4, 0.5) is 0 Å². The van der Waals surface area contributed by atoms with Crippen LogP contribution in [0.5, 0.6) is 0 Å². The fraction of sp³-hybridized carbons (Fsp3) is 1.00. The van der Waals surface area contributed by atoms with E-state index in [4.69, 9.17) is 15.6 Å². The Bertz CT molecular complexity index is 75.1. The molecule has 0 bridgehead atoms. The maximum absolute atomic E-state index is 8.83. The molecule has 0 saturated carbocycles. The summed E-state index contributed by atoms with van der Waals surface area (Å²) in [5.74, 6) is 0. The molecule has 0 atom stereocenters. The van der Waals surface area contributed by atoms with Gasteiger partial charge in [-0.05, 0) is 33.2 Å². The van der Waals surface area contributed by atoms with E-state index in [2.05, 4.69) is 0 Å². The maximum Gasteiger partial charge on any atom is 0.0589 e. The maximum atomic E-state index is 8.83. The highest BCUT2D eigenvalue weighted by Crippen LogP contribution is 2.03. The standard InChI is InChI=1S/C5H12O.C4H11NO/c1-4-5(2,3)6;1-6-4-2-3-5/h6H,4H2,1-3H3;2-5H2,1H3. The lowest BCUT2D eigenvalue weighted by Crippen LogP contribution is -2.15. The third-order valence-corrected chi connectivity index (χ3v) is 1.42. The van der Waals surface area contributed by atoms with Gasteiger partial charge in [-0.1, -0.05) is 6.92 Å². The zero-order valence-electron chi connectivity index (χ0n) is 8.76. The molecular weight excluding hydrogens is 154 g/mol. The molecule has 76 valence electrons. The summed E-state index contributed by atoms with van der Waals surface area (Å²) < 4.78 is 4.70. The molecule has 0 aliphatic heterocycles. The van der Waals surface area contributed by atoms with Crippen LogP contribution in [0.3, 0.4) is 0 Å². The van der Waals surface area contributed by atoms with Gasteiger partial charge in [0.15, 0.2) is 0 Å². The van der Waals surface area contributed by atoms with Crippen molar-refractivity contribution in [2.24, 2.45) is 5.73 Å². The van der Waals surface area contributed by atoms with Crippen LogP contribution in [0.15, 0.2) is 0 Å². The zero-order valence-corrected chi connectivity index (χ0v) is 8.76. The van der Waals surface area contributed by atoms with Gasteiger partial charge in [-0.2, -0.15) is 0 Å². The Hall–Kier alpha value is -0.120. The molecule has 0 rings (SSSR count). The summed E-state index contributed by atoms with van der Waals surface area (Å²) in [7, 11) is 1.68. The Morgan fingerprint density at radius 3 is 1.92 bits per heavy atom. The molecule has 0 amide bonds. The highest BCUT2D eigenvalue weighted by Gasteiger charge is 2.05. The Balaban J connectivity index is 0. The van der Waals surface area contributed by atoms with E-state index >= 15 is 0 Å². The topological polar surface area (TPSA) is 55.5 Å². The van der Waals surface area contributed by atoms with Gasteiger partial charge < -0.3 is 15.6 Å². The lowest BCUT2D eigenvalue weighted by atomic mass is 10.1. The van der Waals surface area contributed by atoms with E-state index in [0.717, 1.165) is 26.0 Å². The highest BCUT2D eigenvalue weighted by atomic mass is 16.5. The molecule has 0 fully saturated rings. The Labute approximate surface area is 75.9 Å². The predicted octanol–water partition coefficient (Wildman–Crippen LogP) is 1.15. The van der Waals surface area contributed by atoms with Gasteiger partial charge in [-0.25, -0.2) is 0 Å². The van der Waals surface area contributed by atoms with Crippen LogP contribution >= 0.6 is 0 Å². The summed E-state index contributed by atoms with van der Waals surface area (Å²) in [5, 5.41) is 8.83. The van der Waals surface area contributed by atoms with Crippen LogP contribution < -0.4 is 5.73 Å². The summed E-state index contributed by atoms with van der Waals surface area (Å²) in [6, 6.07) is 0. The number of hydrogen-bond donors (Lipinski definition) is 2. The van der Waals surface area contributed by atoms with Gasteiger partial charge in [-0.3, -0.25) is 0 Å². The van der Waals surface area contributed by atoms with Gasteiger partial charge in [0.1, 0.15) is 0 Å². The average molecular weight is 177 g/mol. The van der Waals surface area contributed by atoms with Crippen molar-refractivity contribution < 1.29 is 9.84 Å². The van der Waals surface area contributed by atoms with Crippen LogP contribution in [0.2, 0.25) is 0 Å². The molecule has 0 aromatic carbocycles. The molecule has 0 unspecified atom stereocenters. The Kier molecular flexibility index (Phi) is 10.8. The van der Waals surface area contributed by atoms with Crippen LogP contribution in [0, 0.1) is 0 Å². The van der Waals surface area contributed by atoms with E-state index in [-0.39, 0.29) is 0 Å². The first-order valence-corrected chi connectivity index (χ1v) is 4.39. The molecule has 0 radical (unpaired) electrons. The molecule has 3 N–H and O–H groups in total. The quantitative estimate of drug-likeness (QED) is 0.633. The minimum atomic E-state index is -0.458. The predicted molar refractivity (Wildman–Crippen MR) is 52.1 cm³/mol. The monoisotopic (exact) mass is 177 g/mol. The summed E-state index contributed by atoms with van der Waals surface area (Å²) in [6.07, 6.45) is 1.80. The molecule has 3 heteroatoms. The van der Waals surface area contributed by atoms with Gasteiger partial charge in [0.05, 0.1) is 5.60 Å². The first-order valence-electron chi connectivity index (χ1n) is 4.39. The normalized spacial score (nSPS) is 10.5. The molecule has 12 heavy (non-hydrogen) atoms. The fourth-order valence-corrected chi connectivity index (χ4v) is 0.228. The fourth-order valence-electron chi connectivity index (χ4n) is 0.228. The van der Waals surface area contributed by atoms with Gasteiger partial charge in [0, 0.05) is 13.7 Å². The first-order chi connectivity index (χ1) is 5.47. The van der Waals surface area contributed by atoms with Crippen LogP contribution in [0.1, 0.15) is 33.6 Å². The number of ether oxygens (including phenoxy) is 1. The molecule has 0 heterocycles. The van der Waals surface area contributed by atoms with Crippen molar-refractivity contribution in [1.29, 1.82) is 0 Å². The Morgan fingerprint density at radius 2 is 1.83 bits per heavy atom. The number of hydrogen-bond acceptors (Lipinski definition) is 3.